The van der Waals surface area contributed by atoms with E-state index in [9.17, 15) is 4.79 Å². The van der Waals surface area contributed by atoms with E-state index in [1.54, 1.807) is 0 Å². The molecular formula is C9H11NO2S2. The molecule has 1 fully saturated rings. The number of carboxylic acids is 1. The van der Waals surface area contributed by atoms with Crippen LogP contribution in [0.1, 0.15) is 34.3 Å². The topological polar surface area (TPSA) is 50.2 Å². The van der Waals surface area contributed by atoms with Crippen LogP contribution in [-0.2, 0) is 0 Å². The highest BCUT2D eigenvalue weighted by molar-refractivity contribution is 7.99. The Labute approximate surface area is 90.6 Å². The molecule has 14 heavy (non-hydrogen) atoms. The third-order valence-corrected chi connectivity index (χ3v) is 4.24. The van der Waals surface area contributed by atoms with Crippen LogP contribution in [0, 0.1) is 0 Å². The predicted molar refractivity (Wildman–Crippen MR) is 58.4 cm³/mol. The van der Waals surface area contributed by atoms with E-state index in [4.69, 9.17) is 5.11 Å². The first-order chi connectivity index (χ1) is 6.77. The number of aromatic nitrogens is 1. The quantitative estimate of drug-likeness (QED) is 0.846. The van der Waals surface area contributed by atoms with Crippen molar-refractivity contribution in [3.05, 3.63) is 16.1 Å². The lowest BCUT2D eigenvalue weighted by Crippen LogP contribution is -2.08. The van der Waals surface area contributed by atoms with Gasteiger partial charge in [-0.05, 0) is 24.3 Å². The number of thiazole rings is 1. The Bertz CT molecular complexity index is 331. The average molecular weight is 229 g/mol. The Kier molecular flexibility index (Phi) is 3.08. The summed E-state index contributed by atoms with van der Waals surface area (Å²) in [5.74, 6) is 1.92. The van der Waals surface area contributed by atoms with E-state index >= 15 is 0 Å². The summed E-state index contributed by atoms with van der Waals surface area (Å²) in [6.07, 6.45) is 2.26. The highest BCUT2D eigenvalue weighted by atomic mass is 32.2. The Morgan fingerprint density at radius 2 is 2.21 bits per heavy atom. The van der Waals surface area contributed by atoms with Crippen molar-refractivity contribution in [3.63, 3.8) is 0 Å². The number of hydrogen-bond acceptors (Lipinski definition) is 4. The molecule has 5 heteroatoms. The Morgan fingerprint density at radius 1 is 1.50 bits per heavy atom. The van der Waals surface area contributed by atoms with Crippen LogP contribution in [-0.4, -0.2) is 27.6 Å². The maximum atomic E-state index is 10.6. The molecule has 1 aliphatic heterocycles. The van der Waals surface area contributed by atoms with Crippen LogP contribution in [0.15, 0.2) is 5.38 Å². The van der Waals surface area contributed by atoms with Gasteiger partial charge in [-0.25, -0.2) is 9.78 Å². The van der Waals surface area contributed by atoms with E-state index in [1.165, 1.54) is 22.8 Å². The molecule has 1 aliphatic rings. The van der Waals surface area contributed by atoms with Crippen molar-refractivity contribution in [1.82, 2.24) is 4.98 Å². The van der Waals surface area contributed by atoms with Crippen LogP contribution < -0.4 is 0 Å². The van der Waals surface area contributed by atoms with Crippen molar-refractivity contribution in [2.24, 2.45) is 0 Å². The average Bonchev–Trinajstić information content (AvgIpc) is 2.68. The second-order valence-corrected chi connectivity index (χ2v) is 5.35. The molecule has 1 saturated heterocycles. The lowest BCUT2D eigenvalue weighted by atomic mass is 10.0. The van der Waals surface area contributed by atoms with E-state index in [-0.39, 0.29) is 5.01 Å². The molecule has 1 N–H and O–H groups in total. The summed E-state index contributed by atoms with van der Waals surface area (Å²) in [6.45, 7) is 0. The highest BCUT2D eigenvalue weighted by Crippen LogP contribution is 2.31. The molecule has 0 aliphatic carbocycles. The van der Waals surface area contributed by atoms with Gasteiger partial charge in [0.2, 0.25) is 5.01 Å². The fourth-order valence-corrected chi connectivity index (χ4v) is 3.41. The van der Waals surface area contributed by atoms with Crippen LogP contribution in [0.3, 0.4) is 0 Å². The summed E-state index contributed by atoms with van der Waals surface area (Å²) in [4.78, 5) is 14.8. The SMILES string of the molecule is O=C(O)c1nc(C2CCSCC2)cs1. The first kappa shape index (κ1) is 9.98. The largest absolute Gasteiger partial charge is 0.476 e. The summed E-state index contributed by atoms with van der Waals surface area (Å²) < 4.78 is 0. The fraction of sp³-hybridized carbons (Fsp3) is 0.556. The van der Waals surface area contributed by atoms with Gasteiger partial charge in [-0.15, -0.1) is 11.3 Å². The molecule has 2 heterocycles. The third-order valence-electron chi connectivity index (χ3n) is 2.34. The van der Waals surface area contributed by atoms with E-state index in [1.807, 2.05) is 17.1 Å². The van der Waals surface area contributed by atoms with Crippen molar-refractivity contribution in [2.75, 3.05) is 11.5 Å². The number of nitrogens with zero attached hydrogens (tertiary/aromatic N) is 1. The summed E-state index contributed by atoms with van der Waals surface area (Å²) in [5.41, 5.74) is 0.979. The normalized spacial score (nSPS) is 18.3. The molecule has 0 unspecified atom stereocenters. The summed E-state index contributed by atoms with van der Waals surface area (Å²) in [6, 6.07) is 0. The molecule has 0 spiro atoms. The number of hydrogen-bond donors (Lipinski definition) is 1. The van der Waals surface area contributed by atoms with E-state index in [0.717, 1.165) is 18.5 Å². The van der Waals surface area contributed by atoms with Crippen molar-refractivity contribution >= 4 is 29.1 Å². The van der Waals surface area contributed by atoms with Crippen molar-refractivity contribution in [2.45, 2.75) is 18.8 Å². The van der Waals surface area contributed by atoms with E-state index in [0.29, 0.717) is 5.92 Å². The van der Waals surface area contributed by atoms with Gasteiger partial charge in [0.1, 0.15) is 0 Å². The van der Waals surface area contributed by atoms with Crippen LogP contribution in [0.2, 0.25) is 0 Å². The molecule has 3 nitrogen and oxygen atoms in total. The van der Waals surface area contributed by atoms with Gasteiger partial charge in [0.25, 0.3) is 0 Å². The van der Waals surface area contributed by atoms with Gasteiger partial charge in [-0.1, -0.05) is 0 Å². The Hall–Kier alpha value is -0.550. The lowest BCUT2D eigenvalue weighted by molar-refractivity contribution is 0.0696. The number of rotatable bonds is 2. The minimum Gasteiger partial charge on any atom is -0.476 e. The molecule has 0 saturated carbocycles. The third kappa shape index (κ3) is 2.09. The van der Waals surface area contributed by atoms with E-state index in [2.05, 4.69) is 4.98 Å². The molecule has 76 valence electrons. The summed E-state index contributed by atoms with van der Waals surface area (Å²) in [5, 5.41) is 10.9. The first-order valence-corrected chi connectivity index (χ1v) is 6.57. The van der Waals surface area contributed by atoms with Gasteiger partial charge in [-0.3, -0.25) is 0 Å². The van der Waals surface area contributed by atoms with E-state index < -0.39 is 5.97 Å². The molecule has 0 radical (unpaired) electrons. The van der Waals surface area contributed by atoms with Gasteiger partial charge < -0.3 is 5.11 Å². The second-order valence-electron chi connectivity index (χ2n) is 3.27. The van der Waals surface area contributed by atoms with Crippen LogP contribution in [0.25, 0.3) is 0 Å². The molecule has 1 aromatic heterocycles. The molecule has 0 amide bonds. The number of carbonyl (C=O) groups is 1. The summed E-state index contributed by atoms with van der Waals surface area (Å²) >= 11 is 3.20. The van der Waals surface area contributed by atoms with Crippen LogP contribution in [0.4, 0.5) is 0 Å². The van der Waals surface area contributed by atoms with Crippen LogP contribution >= 0.6 is 23.1 Å². The Morgan fingerprint density at radius 3 is 2.79 bits per heavy atom. The lowest BCUT2D eigenvalue weighted by Gasteiger charge is -2.18. The van der Waals surface area contributed by atoms with Gasteiger partial charge in [0.05, 0.1) is 5.69 Å². The molecule has 0 bridgehead atoms. The number of thioether (sulfide) groups is 1. The van der Waals surface area contributed by atoms with Crippen LogP contribution in [0.5, 0.6) is 0 Å². The van der Waals surface area contributed by atoms with Gasteiger partial charge in [0, 0.05) is 11.3 Å². The van der Waals surface area contributed by atoms with Crippen molar-refractivity contribution in [1.29, 1.82) is 0 Å². The standard InChI is InChI=1S/C9H11NO2S2/c11-9(12)8-10-7(5-14-8)6-1-3-13-4-2-6/h5-6H,1-4H2,(H,11,12). The molecule has 2 rings (SSSR count). The molecule has 1 aromatic rings. The smallest absolute Gasteiger partial charge is 0.365 e. The van der Waals surface area contributed by atoms with Gasteiger partial charge in [-0.2, -0.15) is 11.8 Å². The van der Waals surface area contributed by atoms with Crippen molar-refractivity contribution in [3.8, 4) is 0 Å². The zero-order valence-corrected chi connectivity index (χ0v) is 9.24. The first-order valence-electron chi connectivity index (χ1n) is 4.54. The molecule has 0 atom stereocenters. The van der Waals surface area contributed by atoms with Gasteiger partial charge >= 0.3 is 5.97 Å². The van der Waals surface area contributed by atoms with Crippen molar-refractivity contribution < 1.29 is 9.90 Å². The maximum Gasteiger partial charge on any atom is 0.365 e. The number of carboxylic acid groups (broad SMARTS) is 1. The minimum atomic E-state index is -0.911. The van der Waals surface area contributed by atoms with Gasteiger partial charge in [0.15, 0.2) is 0 Å². The molecular weight excluding hydrogens is 218 g/mol. The maximum absolute atomic E-state index is 10.6. The molecule has 0 aromatic carbocycles. The predicted octanol–water partition coefficient (Wildman–Crippen LogP) is 2.45. The second kappa shape index (κ2) is 4.31. The monoisotopic (exact) mass is 229 g/mol. The zero-order chi connectivity index (χ0) is 9.97. The highest BCUT2D eigenvalue weighted by Gasteiger charge is 2.19. The Balaban J connectivity index is 2.11. The minimum absolute atomic E-state index is 0.221. The number of aromatic carboxylic acids is 1. The zero-order valence-electron chi connectivity index (χ0n) is 7.60. The summed E-state index contributed by atoms with van der Waals surface area (Å²) in [7, 11) is 0. The fourth-order valence-electron chi connectivity index (χ4n) is 1.57.